The maximum absolute atomic E-state index is 13.2. The van der Waals surface area contributed by atoms with Crippen molar-refractivity contribution in [1.82, 2.24) is 10.1 Å². The molecule has 0 aliphatic rings. The van der Waals surface area contributed by atoms with Gasteiger partial charge in [0, 0.05) is 39.7 Å². The first-order valence-corrected chi connectivity index (χ1v) is 11.1. The van der Waals surface area contributed by atoms with E-state index in [9.17, 15) is 9.59 Å². The third-order valence-electron chi connectivity index (χ3n) is 4.71. The molecule has 0 radical (unpaired) electrons. The van der Waals surface area contributed by atoms with Crippen molar-refractivity contribution in [2.45, 2.75) is 17.6 Å². The van der Waals surface area contributed by atoms with Crippen LogP contribution in [0.15, 0.2) is 68.4 Å². The first kappa shape index (κ1) is 22.0. The molecule has 2 aromatic carbocycles. The van der Waals surface area contributed by atoms with Crippen LogP contribution in [0.1, 0.15) is 21.9 Å². The average molecular weight is 470 g/mol. The number of benzene rings is 2. The number of likely N-dealkylation sites (N-methyl/N-ethyl adjacent to an activating group) is 1. The number of carbonyl (C=O) groups is 2. The van der Waals surface area contributed by atoms with Gasteiger partial charge in [-0.15, -0.1) is 11.8 Å². The molecule has 32 heavy (non-hydrogen) atoms. The Morgan fingerprint density at radius 1 is 1.16 bits per heavy atom. The lowest BCUT2D eigenvalue weighted by Gasteiger charge is -2.15. The Kier molecular flexibility index (Phi) is 6.53. The van der Waals surface area contributed by atoms with Crippen LogP contribution in [0.3, 0.4) is 0 Å². The molecule has 0 fully saturated rings. The van der Waals surface area contributed by atoms with E-state index in [4.69, 9.17) is 20.5 Å². The summed E-state index contributed by atoms with van der Waals surface area (Å²) in [5.41, 5.74) is 1.41. The van der Waals surface area contributed by atoms with E-state index in [0.717, 1.165) is 15.8 Å². The number of fused-ring (bicyclic) bond motifs is 1. The Morgan fingerprint density at radius 2 is 1.91 bits per heavy atom. The molecule has 7 nitrogen and oxygen atoms in total. The number of para-hydroxylation sites is 1. The zero-order valence-electron chi connectivity index (χ0n) is 17.4. The highest BCUT2D eigenvalue weighted by molar-refractivity contribution is 7.98. The van der Waals surface area contributed by atoms with Crippen molar-refractivity contribution < 1.29 is 18.5 Å². The molecule has 0 spiro atoms. The summed E-state index contributed by atoms with van der Waals surface area (Å²) in [7, 11) is 1.55. The number of hydrogen-bond donors (Lipinski definition) is 1. The Hall–Kier alpha value is -3.23. The second-order valence-corrected chi connectivity index (χ2v) is 8.67. The molecule has 4 rings (SSSR count). The number of anilines is 1. The van der Waals surface area contributed by atoms with Crippen LogP contribution < -0.4 is 5.32 Å². The largest absolute Gasteiger partial charge is 0.451 e. The van der Waals surface area contributed by atoms with Gasteiger partial charge in [0.1, 0.15) is 17.9 Å². The number of rotatable bonds is 7. The Balaban J connectivity index is 1.52. The van der Waals surface area contributed by atoms with Crippen LogP contribution >= 0.6 is 23.4 Å². The van der Waals surface area contributed by atoms with E-state index in [2.05, 4.69) is 10.5 Å². The number of nitrogens with zero attached hydrogens (tertiary/aromatic N) is 2. The van der Waals surface area contributed by atoms with Crippen molar-refractivity contribution in [2.75, 3.05) is 18.9 Å². The molecular formula is C23H20ClN3O4S. The fraction of sp³-hybridized carbons (Fsp3) is 0.174. The molecule has 9 heteroatoms. The van der Waals surface area contributed by atoms with E-state index in [-0.39, 0.29) is 24.1 Å². The summed E-state index contributed by atoms with van der Waals surface area (Å²) in [5, 5.41) is 7.87. The van der Waals surface area contributed by atoms with Crippen molar-refractivity contribution in [2.24, 2.45) is 0 Å². The van der Waals surface area contributed by atoms with Gasteiger partial charge in [-0.05, 0) is 37.3 Å². The summed E-state index contributed by atoms with van der Waals surface area (Å²) in [6, 6.07) is 16.6. The van der Waals surface area contributed by atoms with Gasteiger partial charge < -0.3 is 19.2 Å². The lowest BCUT2D eigenvalue weighted by molar-refractivity contribution is -0.116. The molecule has 0 aliphatic heterocycles. The van der Waals surface area contributed by atoms with Gasteiger partial charge in [-0.25, -0.2) is 0 Å². The van der Waals surface area contributed by atoms with Crippen LogP contribution in [0.5, 0.6) is 0 Å². The quantitative estimate of drug-likeness (QED) is 0.365. The fourth-order valence-electron chi connectivity index (χ4n) is 3.17. The van der Waals surface area contributed by atoms with Gasteiger partial charge in [0.25, 0.3) is 5.91 Å². The number of thioether (sulfide) groups is 1. The van der Waals surface area contributed by atoms with E-state index in [1.165, 1.54) is 4.90 Å². The molecule has 164 valence electrons. The highest BCUT2D eigenvalue weighted by Gasteiger charge is 2.25. The normalized spacial score (nSPS) is 11.0. The topological polar surface area (TPSA) is 88.6 Å². The molecule has 0 saturated heterocycles. The zero-order chi connectivity index (χ0) is 22.7. The van der Waals surface area contributed by atoms with Crippen molar-refractivity contribution in [1.29, 1.82) is 0 Å². The van der Waals surface area contributed by atoms with Crippen LogP contribution in [0, 0.1) is 6.92 Å². The maximum atomic E-state index is 13.2. The minimum absolute atomic E-state index is 0.161. The molecule has 4 aromatic rings. The van der Waals surface area contributed by atoms with Crippen molar-refractivity contribution >= 4 is 52.0 Å². The highest BCUT2D eigenvalue weighted by atomic mass is 35.5. The predicted molar refractivity (Wildman–Crippen MR) is 124 cm³/mol. The third kappa shape index (κ3) is 4.98. The molecule has 1 N–H and O–H groups in total. The Bertz CT molecular complexity index is 1270. The number of halogens is 1. The monoisotopic (exact) mass is 469 g/mol. The number of aromatic nitrogens is 1. The smallest absolute Gasteiger partial charge is 0.290 e. The lowest BCUT2D eigenvalue weighted by atomic mass is 10.1. The lowest BCUT2D eigenvalue weighted by Crippen LogP contribution is -2.35. The maximum Gasteiger partial charge on any atom is 0.290 e. The number of furan rings is 1. The van der Waals surface area contributed by atoms with E-state index in [1.807, 2.05) is 48.5 Å². The van der Waals surface area contributed by atoms with Crippen LogP contribution in [0.25, 0.3) is 11.0 Å². The second kappa shape index (κ2) is 9.50. The first-order chi connectivity index (χ1) is 15.4. The number of carbonyl (C=O) groups excluding carboxylic acids is 2. The van der Waals surface area contributed by atoms with Crippen LogP contribution in [0.2, 0.25) is 5.02 Å². The van der Waals surface area contributed by atoms with Crippen LogP contribution in [-0.2, 0) is 10.5 Å². The molecule has 0 atom stereocenters. The minimum atomic E-state index is -0.387. The van der Waals surface area contributed by atoms with Gasteiger partial charge in [0.05, 0.1) is 0 Å². The number of amides is 2. The van der Waals surface area contributed by atoms with Crippen LogP contribution in [-0.4, -0.2) is 35.5 Å². The van der Waals surface area contributed by atoms with E-state index < -0.39 is 0 Å². The van der Waals surface area contributed by atoms with Gasteiger partial charge in [0.15, 0.2) is 11.6 Å². The van der Waals surface area contributed by atoms with E-state index >= 15 is 0 Å². The first-order valence-electron chi connectivity index (χ1n) is 9.78. The van der Waals surface area contributed by atoms with Gasteiger partial charge in [-0.1, -0.05) is 35.0 Å². The number of aryl methyl sites for hydroxylation is 1. The Morgan fingerprint density at radius 3 is 2.62 bits per heavy atom. The molecular weight excluding hydrogens is 450 g/mol. The van der Waals surface area contributed by atoms with Crippen molar-refractivity contribution in [3.8, 4) is 0 Å². The SMILES string of the molecule is Cc1cc(NC(=O)CN(C)C(=O)c2oc3ccccc3c2CSc2ccc(Cl)cc2)no1. The zero-order valence-corrected chi connectivity index (χ0v) is 19.0. The summed E-state index contributed by atoms with van der Waals surface area (Å²) < 4.78 is 10.8. The molecule has 0 unspecified atom stereocenters. The van der Waals surface area contributed by atoms with Crippen molar-refractivity contribution in [3.05, 3.63) is 76.7 Å². The average Bonchev–Trinajstić information content (AvgIpc) is 3.35. The third-order valence-corrected chi connectivity index (χ3v) is 6.00. The molecule has 2 amide bonds. The number of nitrogens with one attached hydrogen (secondary N) is 1. The van der Waals surface area contributed by atoms with Gasteiger partial charge in [-0.2, -0.15) is 0 Å². The molecule has 0 saturated carbocycles. The van der Waals surface area contributed by atoms with E-state index in [0.29, 0.717) is 27.9 Å². The standard InChI is InChI=1S/C23H20ClN3O4S/c1-14-11-20(26-31-14)25-21(28)12-27(2)23(29)22-18(17-5-3-4-6-19(17)30-22)13-32-16-9-7-15(24)8-10-16/h3-11H,12-13H2,1-2H3,(H,25,26,28). The minimum Gasteiger partial charge on any atom is -0.451 e. The van der Waals surface area contributed by atoms with Gasteiger partial charge >= 0.3 is 0 Å². The molecule has 0 bridgehead atoms. The van der Waals surface area contributed by atoms with E-state index in [1.54, 1.807) is 31.8 Å². The summed E-state index contributed by atoms with van der Waals surface area (Å²) in [4.78, 5) is 27.8. The number of hydrogen-bond acceptors (Lipinski definition) is 6. The van der Waals surface area contributed by atoms with Crippen LogP contribution in [0.4, 0.5) is 5.82 Å². The Labute approximate surface area is 193 Å². The summed E-state index contributed by atoms with van der Waals surface area (Å²) in [6.45, 7) is 1.56. The van der Waals surface area contributed by atoms with Gasteiger partial charge in [0.2, 0.25) is 5.91 Å². The molecule has 2 heterocycles. The summed E-state index contributed by atoms with van der Waals surface area (Å²) in [6.07, 6.45) is 0. The fourth-order valence-corrected chi connectivity index (χ4v) is 4.22. The molecule has 2 aromatic heterocycles. The predicted octanol–water partition coefficient (Wildman–Crippen LogP) is 5.39. The summed E-state index contributed by atoms with van der Waals surface area (Å²) >= 11 is 7.54. The summed E-state index contributed by atoms with van der Waals surface area (Å²) in [5.74, 6) is 0.867. The second-order valence-electron chi connectivity index (χ2n) is 7.18. The van der Waals surface area contributed by atoms with Gasteiger partial charge in [-0.3, -0.25) is 9.59 Å². The van der Waals surface area contributed by atoms with Crippen molar-refractivity contribution in [3.63, 3.8) is 0 Å². The molecule has 0 aliphatic carbocycles. The highest BCUT2D eigenvalue weighted by Crippen LogP contribution is 2.33.